The van der Waals surface area contributed by atoms with Crippen LogP contribution in [0.25, 0.3) is 11.1 Å². The topological polar surface area (TPSA) is 81.2 Å². The number of nitrogens with zero attached hydrogens (tertiary/aromatic N) is 5. The predicted molar refractivity (Wildman–Crippen MR) is 177 cm³/mol. The SMILES string of the molecule is CCOc1ncccc1-c1ccc(N2CCN(C(=O)c3ccc(F)cc3N3CCCC3)C[C@H]2CC)c(C(=O)NCCN(C)C)c1. The molecule has 5 rings (SSSR count). The molecule has 1 N–H and O–H groups in total. The van der Waals surface area contributed by atoms with Crippen molar-refractivity contribution in [1.29, 1.82) is 0 Å². The van der Waals surface area contributed by atoms with Crippen LogP contribution in [0.3, 0.4) is 0 Å². The van der Waals surface area contributed by atoms with Crippen molar-refractivity contribution in [3.05, 3.63) is 71.7 Å². The van der Waals surface area contributed by atoms with Gasteiger partial charge in [-0.3, -0.25) is 9.59 Å². The standard InChI is InChI=1S/C35H45FN6O3/c1-5-27-24-41(35(44)29-13-12-26(36)23-32(29)40-17-7-8-18-40)20-21-42(27)31-14-11-25(28-10-9-15-38-34(28)45-6-2)22-30(31)33(43)37-16-19-39(3)4/h9-15,22-23,27H,5-8,16-21,24H2,1-4H3,(H,37,43)/t27-/m1/s1. The maximum Gasteiger partial charge on any atom is 0.256 e. The van der Waals surface area contributed by atoms with Crippen LogP contribution in [-0.4, -0.2) is 99.2 Å². The summed E-state index contributed by atoms with van der Waals surface area (Å²) in [7, 11) is 3.95. The third kappa shape index (κ3) is 7.39. The van der Waals surface area contributed by atoms with Crippen LogP contribution in [0.5, 0.6) is 5.88 Å². The Morgan fingerprint density at radius 3 is 2.53 bits per heavy atom. The zero-order valence-electron chi connectivity index (χ0n) is 26.9. The number of ether oxygens (including phenoxy) is 1. The summed E-state index contributed by atoms with van der Waals surface area (Å²) < 4.78 is 20.1. The van der Waals surface area contributed by atoms with Gasteiger partial charge in [0.05, 0.1) is 23.4 Å². The number of likely N-dealkylation sites (N-methyl/N-ethyl adjacent to an activating group) is 1. The fourth-order valence-corrected chi connectivity index (χ4v) is 6.27. The third-order valence-corrected chi connectivity index (χ3v) is 8.64. The van der Waals surface area contributed by atoms with E-state index in [1.165, 1.54) is 12.1 Å². The number of piperazine rings is 1. The fraction of sp³-hybridized carbons (Fsp3) is 0.457. The predicted octanol–water partition coefficient (Wildman–Crippen LogP) is 4.92. The third-order valence-electron chi connectivity index (χ3n) is 8.64. The molecule has 2 aromatic carbocycles. The summed E-state index contributed by atoms with van der Waals surface area (Å²) in [6.45, 7) is 8.97. The summed E-state index contributed by atoms with van der Waals surface area (Å²) in [5, 5.41) is 3.09. The molecule has 0 saturated carbocycles. The van der Waals surface area contributed by atoms with Crippen LogP contribution in [0.4, 0.5) is 15.8 Å². The number of carbonyl (C=O) groups excluding carboxylic acids is 2. The molecular weight excluding hydrogens is 571 g/mol. The van der Waals surface area contributed by atoms with E-state index in [-0.39, 0.29) is 23.7 Å². The molecule has 2 fully saturated rings. The van der Waals surface area contributed by atoms with Gasteiger partial charge in [0, 0.05) is 69.3 Å². The first kappa shape index (κ1) is 32.2. The molecule has 240 valence electrons. The van der Waals surface area contributed by atoms with Gasteiger partial charge in [-0.25, -0.2) is 9.37 Å². The number of benzene rings is 2. The van der Waals surface area contributed by atoms with Gasteiger partial charge >= 0.3 is 0 Å². The van der Waals surface area contributed by atoms with Crippen molar-refractivity contribution in [1.82, 2.24) is 20.1 Å². The zero-order valence-corrected chi connectivity index (χ0v) is 26.9. The van der Waals surface area contributed by atoms with Crippen molar-refractivity contribution in [2.24, 2.45) is 0 Å². The zero-order chi connectivity index (χ0) is 31.9. The van der Waals surface area contributed by atoms with Crippen molar-refractivity contribution < 1.29 is 18.7 Å². The van der Waals surface area contributed by atoms with Crippen LogP contribution in [-0.2, 0) is 0 Å². The Labute approximate surface area is 266 Å². The largest absolute Gasteiger partial charge is 0.478 e. The van der Waals surface area contributed by atoms with Crippen molar-refractivity contribution in [3.8, 4) is 17.0 Å². The number of rotatable bonds is 11. The molecule has 0 unspecified atom stereocenters. The Balaban J connectivity index is 1.43. The minimum atomic E-state index is -0.329. The van der Waals surface area contributed by atoms with Crippen LogP contribution in [0.1, 0.15) is 53.8 Å². The maximum atomic E-state index is 14.3. The molecule has 0 radical (unpaired) electrons. The summed E-state index contributed by atoms with van der Waals surface area (Å²) in [6, 6.07) is 14.2. The number of hydrogen-bond donors (Lipinski definition) is 1. The molecule has 3 aromatic rings. The van der Waals surface area contributed by atoms with E-state index in [2.05, 4.69) is 27.0 Å². The molecule has 2 aliphatic rings. The van der Waals surface area contributed by atoms with Crippen LogP contribution in [0, 0.1) is 5.82 Å². The summed E-state index contributed by atoms with van der Waals surface area (Å²) >= 11 is 0. The van der Waals surface area contributed by atoms with Gasteiger partial charge in [0.25, 0.3) is 11.8 Å². The van der Waals surface area contributed by atoms with Gasteiger partial charge in [-0.05, 0) is 88.3 Å². The van der Waals surface area contributed by atoms with Crippen LogP contribution in [0.2, 0.25) is 0 Å². The van der Waals surface area contributed by atoms with E-state index in [4.69, 9.17) is 4.74 Å². The molecule has 2 amide bonds. The monoisotopic (exact) mass is 616 g/mol. The quantitative estimate of drug-likeness (QED) is 0.328. The highest BCUT2D eigenvalue weighted by molar-refractivity contribution is 6.02. The van der Waals surface area contributed by atoms with E-state index in [0.717, 1.165) is 55.7 Å². The molecule has 3 heterocycles. The van der Waals surface area contributed by atoms with Crippen LogP contribution < -0.4 is 19.9 Å². The summed E-state index contributed by atoms with van der Waals surface area (Å²) in [5.74, 6) is -0.0268. The van der Waals surface area contributed by atoms with Crippen LogP contribution in [0.15, 0.2) is 54.7 Å². The highest BCUT2D eigenvalue weighted by Crippen LogP contribution is 2.35. The summed E-state index contributed by atoms with van der Waals surface area (Å²) in [6.07, 6.45) is 4.56. The second-order valence-corrected chi connectivity index (χ2v) is 11.9. The van der Waals surface area contributed by atoms with E-state index in [1.54, 1.807) is 12.3 Å². The molecule has 0 spiro atoms. The van der Waals surface area contributed by atoms with Gasteiger partial charge in [0.15, 0.2) is 0 Å². The summed E-state index contributed by atoms with van der Waals surface area (Å²) in [5.41, 5.74) is 4.31. The lowest BCUT2D eigenvalue weighted by molar-refractivity contribution is 0.0720. The smallest absolute Gasteiger partial charge is 0.256 e. The van der Waals surface area contributed by atoms with Crippen molar-refractivity contribution in [2.75, 3.05) is 76.3 Å². The molecule has 2 saturated heterocycles. The van der Waals surface area contributed by atoms with Gasteiger partial charge in [0.1, 0.15) is 5.82 Å². The molecule has 45 heavy (non-hydrogen) atoms. The number of halogens is 1. The average Bonchev–Trinajstić information content (AvgIpc) is 3.59. The van der Waals surface area contributed by atoms with E-state index in [0.29, 0.717) is 55.5 Å². The molecule has 2 aliphatic heterocycles. The number of hydrogen-bond acceptors (Lipinski definition) is 7. The first-order valence-corrected chi connectivity index (χ1v) is 16.1. The van der Waals surface area contributed by atoms with E-state index >= 15 is 0 Å². The second-order valence-electron chi connectivity index (χ2n) is 11.9. The van der Waals surface area contributed by atoms with E-state index in [1.807, 2.05) is 61.2 Å². The first-order chi connectivity index (χ1) is 21.8. The van der Waals surface area contributed by atoms with Gasteiger partial charge in [-0.1, -0.05) is 13.0 Å². The lowest BCUT2D eigenvalue weighted by atomic mass is 9.99. The lowest BCUT2D eigenvalue weighted by Crippen LogP contribution is -2.55. The average molecular weight is 617 g/mol. The number of aromatic nitrogens is 1. The van der Waals surface area contributed by atoms with E-state index in [9.17, 15) is 14.0 Å². The van der Waals surface area contributed by atoms with Crippen LogP contribution >= 0.6 is 0 Å². The van der Waals surface area contributed by atoms with Crippen molar-refractivity contribution in [3.63, 3.8) is 0 Å². The Hall–Kier alpha value is -4.18. The molecule has 1 atom stereocenters. The molecule has 1 aromatic heterocycles. The minimum Gasteiger partial charge on any atom is -0.478 e. The molecule has 0 aliphatic carbocycles. The Morgan fingerprint density at radius 1 is 1.00 bits per heavy atom. The Morgan fingerprint density at radius 2 is 1.80 bits per heavy atom. The highest BCUT2D eigenvalue weighted by atomic mass is 19.1. The molecular formula is C35H45FN6O3. The molecule has 10 heteroatoms. The number of amides is 2. The van der Waals surface area contributed by atoms with Gasteiger partial charge in [0.2, 0.25) is 5.88 Å². The second kappa shape index (κ2) is 14.7. The minimum absolute atomic E-state index is 0.00469. The maximum absolute atomic E-state index is 14.3. The number of pyridine rings is 1. The van der Waals surface area contributed by atoms with Gasteiger partial charge in [-0.2, -0.15) is 0 Å². The number of anilines is 2. The first-order valence-electron chi connectivity index (χ1n) is 16.1. The van der Waals surface area contributed by atoms with Gasteiger partial charge in [-0.15, -0.1) is 0 Å². The van der Waals surface area contributed by atoms with Crippen molar-refractivity contribution >= 4 is 23.2 Å². The normalized spacial score (nSPS) is 16.8. The summed E-state index contributed by atoms with van der Waals surface area (Å²) in [4.78, 5) is 40.3. The molecule has 9 nitrogen and oxygen atoms in total. The van der Waals surface area contributed by atoms with Gasteiger partial charge < -0.3 is 29.7 Å². The Kier molecular flexibility index (Phi) is 10.5. The van der Waals surface area contributed by atoms with E-state index < -0.39 is 0 Å². The Bertz CT molecular complexity index is 1490. The highest BCUT2D eigenvalue weighted by Gasteiger charge is 2.33. The number of nitrogens with one attached hydrogen (secondary N) is 1. The molecule has 0 bridgehead atoms. The van der Waals surface area contributed by atoms with Crippen molar-refractivity contribution in [2.45, 2.75) is 39.2 Å². The fourth-order valence-electron chi connectivity index (χ4n) is 6.27. The lowest BCUT2D eigenvalue weighted by Gasteiger charge is -2.43. The number of carbonyl (C=O) groups is 2.